The third-order valence-corrected chi connectivity index (χ3v) is 1.47. The molecule has 72 valence electrons. The molecule has 0 aliphatic carbocycles. The smallest absolute Gasteiger partial charge is 0.320 e. The largest absolute Gasteiger partial charge is 0.480 e. The second-order valence-electron chi connectivity index (χ2n) is 2.50. The number of hydrogen-bond donors (Lipinski definition) is 2. The van der Waals surface area contributed by atoms with Crippen molar-refractivity contribution < 1.29 is 9.90 Å². The van der Waals surface area contributed by atoms with Gasteiger partial charge in [-0.05, 0) is 18.1 Å². The summed E-state index contributed by atoms with van der Waals surface area (Å²) in [5.41, 5.74) is 6.10. The molecule has 0 radical (unpaired) electrons. The Morgan fingerprint density at radius 1 is 1.77 bits per heavy atom. The zero-order chi connectivity index (χ0) is 10.3. The van der Waals surface area contributed by atoms with Gasteiger partial charge in [0.25, 0.3) is 0 Å². The summed E-state index contributed by atoms with van der Waals surface area (Å²) >= 11 is 0. The minimum absolute atomic E-state index is 0.269. The van der Waals surface area contributed by atoms with Gasteiger partial charge in [0.05, 0.1) is 0 Å². The Labute approximate surface area is 77.5 Å². The van der Waals surface area contributed by atoms with Gasteiger partial charge >= 0.3 is 5.97 Å². The minimum atomic E-state index is -1.01. The average molecular weight is 182 g/mol. The van der Waals surface area contributed by atoms with E-state index in [0.29, 0.717) is 0 Å². The molecule has 0 unspecified atom stereocenters. The molecular formula is C9H14N2O2. The maximum atomic E-state index is 10.4. The minimum Gasteiger partial charge on any atom is -0.480 e. The van der Waals surface area contributed by atoms with Crippen LogP contribution in [0.15, 0.2) is 29.3 Å². The summed E-state index contributed by atoms with van der Waals surface area (Å²) in [6.07, 6.45) is 5.11. The summed E-state index contributed by atoms with van der Waals surface area (Å²) in [6.45, 7) is 3.55. The van der Waals surface area contributed by atoms with Crippen molar-refractivity contribution in [2.24, 2.45) is 10.7 Å². The van der Waals surface area contributed by atoms with E-state index >= 15 is 0 Å². The van der Waals surface area contributed by atoms with E-state index in [1.807, 2.05) is 0 Å². The predicted octanol–water partition coefficient (Wildman–Crippen LogP) is 0.601. The molecule has 0 aromatic carbocycles. The predicted molar refractivity (Wildman–Crippen MR) is 52.9 cm³/mol. The third kappa shape index (κ3) is 4.92. The van der Waals surface area contributed by atoms with Crippen LogP contribution in [0.3, 0.4) is 0 Å². The number of carbonyl (C=O) groups is 1. The van der Waals surface area contributed by atoms with E-state index in [1.54, 1.807) is 25.4 Å². The number of aliphatic imine (C=N–C) groups is 1. The number of rotatable bonds is 5. The van der Waals surface area contributed by atoms with E-state index in [4.69, 9.17) is 10.8 Å². The summed E-state index contributed by atoms with van der Waals surface area (Å²) in [5, 5.41) is 8.53. The normalized spacial score (nSPS) is 14.5. The van der Waals surface area contributed by atoms with Crippen LogP contribution in [-0.4, -0.2) is 30.4 Å². The second-order valence-corrected chi connectivity index (χ2v) is 2.50. The third-order valence-electron chi connectivity index (χ3n) is 1.47. The average Bonchev–Trinajstić information content (AvgIpc) is 2.11. The van der Waals surface area contributed by atoms with E-state index in [1.165, 1.54) is 0 Å². The van der Waals surface area contributed by atoms with Gasteiger partial charge in [-0.3, -0.25) is 9.79 Å². The SMILES string of the molecule is C=C/C(=C\C=NC)C[C@H](N)C(=O)O. The van der Waals surface area contributed by atoms with Gasteiger partial charge in [-0.1, -0.05) is 12.7 Å². The van der Waals surface area contributed by atoms with Crippen LogP contribution in [0.2, 0.25) is 0 Å². The highest BCUT2D eigenvalue weighted by Gasteiger charge is 2.11. The number of hydrogen-bond acceptors (Lipinski definition) is 3. The first-order chi connectivity index (χ1) is 6.11. The van der Waals surface area contributed by atoms with Crippen molar-refractivity contribution in [2.75, 3.05) is 7.05 Å². The van der Waals surface area contributed by atoms with Crippen LogP contribution < -0.4 is 5.73 Å². The zero-order valence-electron chi connectivity index (χ0n) is 7.60. The fourth-order valence-corrected chi connectivity index (χ4v) is 0.731. The van der Waals surface area contributed by atoms with Crippen LogP contribution in [-0.2, 0) is 4.79 Å². The number of aliphatic carboxylic acids is 1. The van der Waals surface area contributed by atoms with Gasteiger partial charge < -0.3 is 10.8 Å². The molecule has 3 N–H and O–H groups in total. The first kappa shape index (κ1) is 11.6. The summed E-state index contributed by atoms with van der Waals surface area (Å²) < 4.78 is 0. The molecule has 1 atom stereocenters. The topological polar surface area (TPSA) is 75.7 Å². The highest BCUT2D eigenvalue weighted by molar-refractivity contribution is 5.76. The molecule has 13 heavy (non-hydrogen) atoms. The second kappa shape index (κ2) is 6.14. The van der Waals surface area contributed by atoms with Crippen LogP contribution in [0.5, 0.6) is 0 Å². The number of nitrogens with zero attached hydrogens (tertiary/aromatic N) is 1. The molecule has 4 nitrogen and oxygen atoms in total. The molecule has 0 spiro atoms. The van der Waals surface area contributed by atoms with Crippen LogP contribution in [0, 0.1) is 0 Å². The molecular weight excluding hydrogens is 168 g/mol. The lowest BCUT2D eigenvalue weighted by Crippen LogP contribution is -2.30. The molecule has 0 fully saturated rings. The number of carboxylic acids is 1. The molecule has 0 heterocycles. The molecule has 0 saturated heterocycles. The van der Waals surface area contributed by atoms with Crippen molar-refractivity contribution in [3.8, 4) is 0 Å². The number of allylic oxidation sites excluding steroid dienone is 2. The highest BCUT2D eigenvalue weighted by atomic mass is 16.4. The van der Waals surface area contributed by atoms with Gasteiger partial charge in [-0.2, -0.15) is 0 Å². The molecule has 0 saturated carbocycles. The lowest BCUT2D eigenvalue weighted by molar-refractivity contribution is -0.138. The zero-order valence-corrected chi connectivity index (χ0v) is 7.60. The lowest BCUT2D eigenvalue weighted by Gasteiger charge is -2.05. The first-order valence-corrected chi connectivity index (χ1v) is 3.84. The Morgan fingerprint density at radius 3 is 2.77 bits per heavy atom. The van der Waals surface area contributed by atoms with E-state index in [0.717, 1.165) is 5.57 Å². The Kier molecular flexibility index (Phi) is 5.47. The maximum absolute atomic E-state index is 10.4. The Balaban J connectivity index is 4.28. The van der Waals surface area contributed by atoms with E-state index < -0.39 is 12.0 Å². The van der Waals surface area contributed by atoms with Gasteiger partial charge in [0.15, 0.2) is 0 Å². The van der Waals surface area contributed by atoms with Crippen molar-refractivity contribution >= 4 is 12.2 Å². The van der Waals surface area contributed by atoms with Crippen molar-refractivity contribution in [1.82, 2.24) is 0 Å². The van der Waals surface area contributed by atoms with Gasteiger partial charge in [0.2, 0.25) is 0 Å². The fraction of sp³-hybridized carbons (Fsp3) is 0.333. The van der Waals surface area contributed by atoms with Gasteiger partial charge in [-0.15, -0.1) is 0 Å². The van der Waals surface area contributed by atoms with Crippen molar-refractivity contribution in [1.29, 1.82) is 0 Å². The molecule has 0 aromatic heterocycles. The lowest BCUT2D eigenvalue weighted by atomic mass is 10.1. The Hall–Kier alpha value is -1.42. The van der Waals surface area contributed by atoms with Crippen LogP contribution in [0.25, 0.3) is 0 Å². The summed E-state index contributed by atoms with van der Waals surface area (Å²) in [6, 6.07) is -0.880. The molecule has 4 heteroatoms. The summed E-state index contributed by atoms with van der Waals surface area (Å²) in [4.78, 5) is 14.1. The Bertz CT molecular complexity index is 244. The van der Waals surface area contributed by atoms with Gasteiger partial charge in [0.1, 0.15) is 6.04 Å². The number of nitrogens with two attached hydrogens (primary N) is 1. The van der Waals surface area contributed by atoms with Crippen LogP contribution in [0.4, 0.5) is 0 Å². The molecule has 0 bridgehead atoms. The van der Waals surface area contributed by atoms with E-state index in [-0.39, 0.29) is 6.42 Å². The highest BCUT2D eigenvalue weighted by Crippen LogP contribution is 2.04. The summed E-state index contributed by atoms with van der Waals surface area (Å²) in [7, 11) is 1.63. The van der Waals surface area contributed by atoms with E-state index in [2.05, 4.69) is 11.6 Å². The first-order valence-electron chi connectivity index (χ1n) is 3.84. The maximum Gasteiger partial charge on any atom is 0.320 e. The fourth-order valence-electron chi connectivity index (χ4n) is 0.731. The van der Waals surface area contributed by atoms with Crippen LogP contribution in [0.1, 0.15) is 6.42 Å². The van der Waals surface area contributed by atoms with Crippen molar-refractivity contribution in [3.63, 3.8) is 0 Å². The van der Waals surface area contributed by atoms with Crippen molar-refractivity contribution in [3.05, 3.63) is 24.3 Å². The Morgan fingerprint density at radius 2 is 2.38 bits per heavy atom. The molecule has 0 amide bonds. The monoisotopic (exact) mass is 182 g/mol. The standard InChI is InChI=1S/C9H14N2O2/c1-3-7(4-5-11-2)6-8(10)9(12)13/h3-5,8H,1,6,10H2,2H3,(H,12,13)/b7-4+,11-5?/t8-/m0/s1. The van der Waals surface area contributed by atoms with Gasteiger partial charge in [-0.25, -0.2) is 0 Å². The quantitative estimate of drug-likeness (QED) is 0.483. The van der Waals surface area contributed by atoms with Crippen molar-refractivity contribution in [2.45, 2.75) is 12.5 Å². The molecule has 0 aliphatic rings. The van der Waals surface area contributed by atoms with Crippen LogP contribution >= 0.6 is 0 Å². The molecule has 0 aromatic rings. The molecule has 0 aliphatic heterocycles. The molecule has 0 rings (SSSR count). The van der Waals surface area contributed by atoms with Gasteiger partial charge in [0, 0.05) is 13.3 Å². The van der Waals surface area contributed by atoms with E-state index in [9.17, 15) is 4.79 Å². The number of carboxylic acid groups (broad SMARTS) is 1. The summed E-state index contributed by atoms with van der Waals surface area (Å²) in [5.74, 6) is -1.01.